The predicted octanol–water partition coefficient (Wildman–Crippen LogP) is 5.80. The highest BCUT2D eigenvalue weighted by molar-refractivity contribution is 6.31. The van der Waals surface area contributed by atoms with Gasteiger partial charge < -0.3 is 0 Å². The molecule has 100 valence electrons. The molecule has 2 fully saturated rings. The molecule has 3 aliphatic carbocycles. The fourth-order valence-corrected chi connectivity index (χ4v) is 5.02. The van der Waals surface area contributed by atoms with Crippen molar-refractivity contribution >= 4 is 23.2 Å². The highest BCUT2D eigenvalue weighted by atomic mass is 35.5. The SMILES string of the molecule is ClC1=C/CCCC/C(C23CCCCCC2C3Cl)=C\1. The van der Waals surface area contributed by atoms with Crippen LogP contribution >= 0.6 is 23.2 Å². The van der Waals surface area contributed by atoms with Gasteiger partial charge in [0.2, 0.25) is 0 Å². The van der Waals surface area contributed by atoms with Gasteiger partial charge in [-0.25, -0.2) is 0 Å². The smallest absolute Gasteiger partial charge is 0.0469 e. The van der Waals surface area contributed by atoms with Crippen LogP contribution in [0.15, 0.2) is 22.8 Å². The summed E-state index contributed by atoms with van der Waals surface area (Å²) in [6, 6.07) is 0. The van der Waals surface area contributed by atoms with E-state index < -0.39 is 0 Å². The molecule has 0 aromatic carbocycles. The standard InChI is InChI=1S/C16H22Cl2/c17-13-8-4-1-3-7-12(11-13)16-10-6-2-5-9-14(16)15(16)18/h8,11,14-15H,1-7,9-10H2/b12-11+,13-8+. The topological polar surface area (TPSA) is 0 Å². The second-order valence-electron chi connectivity index (χ2n) is 6.15. The zero-order valence-electron chi connectivity index (χ0n) is 10.9. The van der Waals surface area contributed by atoms with Crippen LogP contribution < -0.4 is 0 Å². The largest absolute Gasteiger partial charge is 0.122 e. The summed E-state index contributed by atoms with van der Waals surface area (Å²) in [4.78, 5) is 0. The number of rotatable bonds is 1. The van der Waals surface area contributed by atoms with Crippen LogP contribution in [0, 0.1) is 11.3 Å². The van der Waals surface area contributed by atoms with E-state index in [1.807, 2.05) is 0 Å². The van der Waals surface area contributed by atoms with Crippen LogP contribution in [-0.2, 0) is 0 Å². The molecule has 3 atom stereocenters. The van der Waals surface area contributed by atoms with E-state index in [4.69, 9.17) is 23.2 Å². The molecule has 0 bridgehead atoms. The summed E-state index contributed by atoms with van der Waals surface area (Å²) >= 11 is 13.0. The van der Waals surface area contributed by atoms with E-state index in [9.17, 15) is 0 Å². The molecule has 18 heavy (non-hydrogen) atoms. The molecule has 0 radical (unpaired) electrons. The second-order valence-corrected chi connectivity index (χ2v) is 7.06. The van der Waals surface area contributed by atoms with Gasteiger partial charge in [-0.2, -0.15) is 0 Å². The second kappa shape index (κ2) is 5.21. The lowest BCUT2D eigenvalue weighted by Gasteiger charge is -2.22. The normalized spacial score (nSPS) is 46.6. The highest BCUT2D eigenvalue weighted by Crippen LogP contribution is 2.68. The van der Waals surface area contributed by atoms with Crippen molar-refractivity contribution in [3.05, 3.63) is 22.8 Å². The predicted molar refractivity (Wildman–Crippen MR) is 79.1 cm³/mol. The first-order chi connectivity index (χ1) is 8.75. The molecule has 0 aromatic rings. The molecule has 0 aliphatic heterocycles. The number of halogens is 2. The Morgan fingerprint density at radius 1 is 1.11 bits per heavy atom. The zero-order valence-corrected chi connectivity index (χ0v) is 12.4. The molecule has 2 saturated carbocycles. The fourth-order valence-electron chi connectivity index (χ4n) is 4.09. The minimum absolute atomic E-state index is 0.323. The van der Waals surface area contributed by atoms with E-state index in [1.54, 1.807) is 5.57 Å². The van der Waals surface area contributed by atoms with Crippen molar-refractivity contribution < 1.29 is 0 Å². The van der Waals surface area contributed by atoms with Crippen molar-refractivity contribution in [3.63, 3.8) is 0 Å². The van der Waals surface area contributed by atoms with E-state index in [-0.39, 0.29) is 0 Å². The molecular formula is C16H22Cl2. The number of hydrogen-bond donors (Lipinski definition) is 0. The molecular weight excluding hydrogens is 263 g/mol. The number of allylic oxidation sites excluding steroid dienone is 4. The summed E-state index contributed by atoms with van der Waals surface area (Å²) in [5.41, 5.74) is 1.89. The lowest BCUT2D eigenvalue weighted by molar-refractivity contribution is 0.472. The molecule has 3 unspecified atom stereocenters. The average Bonchev–Trinajstić information content (AvgIpc) is 2.96. The van der Waals surface area contributed by atoms with Gasteiger partial charge >= 0.3 is 0 Å². The summed E-state index contributed by atoms with van der Waals surface area (Å²) in [6.45, 7) is 0. The van der Waals surface area contributed by atoms with E-state index >= 15 is 0 Å². The maximum absolute atomic E-state index is 6.66. The Hall–Kier alpha value is 0.0600. The maximum Gasteiger partial charge on any atom is 0.0469 e. The van der Waals surface area contributed by atoms with Gasteiger partial charge in [0.05, 0.1) is 0 Å². The maximum atomic E-state index is 6.66. The van der Waals surface area contributed by atoms with Crippen LogP contribution in [0.3, 0.4) is 0 Å². The summed E-state index contributed by atoms with van der Waals surface area (Å²) in [7, 11) is 0. The van der Waals surface area contributed by atoms with Gasteiger partial charge in [0.15, 0.2) is 0 Å². The molecule has 0 amide bonds. The van der Waals surface area contributed by atoms with Gasteiger partial charge in [0.25, 0.3) is 0 Å². The third kappa shape index (κ3) is 2.16. The lowest BCUT2D eigenvalue weighted by atomic mass is 9.84. The molecule has 2 heteroatoms. The molecule has 0 heterocycles. The monoisotopic (exact) mass is 284 g/mol. The van der Waals surface area contributed by atoms with Crippen LogP contribution in [0.5, 0.6) is 0 Å². The Morgan fingerprint density at radius 3 is 2.89 bits per heavy atom. The molecule has 0 aromatic heterocycles. The third-order valence-electron chi connectivity index (χ3n) is 5.15. The number of hydrogen-bond acceptors (Lipinski definition) is 0. The summed E-state index contributed by atoms with van der Waals surface area (Å²) in [5, 5.41) is 1.32. The zero-order chi connectivity index (χ0) is 12.6. The van der Waals surface area contributed by atoms with Gasteiger partial charge in [-0.1, -0.05) is 42.5 Å². The van der Waals surface area contributed by atoms with Crippen LogP contribution in [0.1, 0.15) is 57.8 Å². The van der Waals surface area contributed by atoms with E-state index in [2.05, 4.69) is 12.2 Å². The van der Waals surface area contributed by atoms with E-state index in [1.165, 1.54) is 51.4 Å². The Labute approximate surface area is 120 Å². The molecule has 0 nitrogen and oxygen atoms in total. The Bertz CT molecular complexity index is 383. The molecule has 3 rings (SSSR count). The molecule has 0 spiro atoms. The first kappa shape index (κ1) is 13.1. The van der Waals surface area contributed by atoms with Gasteiger partial charge in [-0.3, -0.25) is 0 Å². The Kier molecular flexibility index (Phi) is 3.78. The van der Waals surface area contributed by atoms with Crippen molar-refractivity contribution in [1.82, 2.24) is 0 Å². The minimum Gasteiger partial charge on any atom is -0.122 e. The minimum atomic E-state index is 0.323. The highest BCUT2D eigenvalue weighted by Gasteiger charge is 2.64. The fraction of sp³-hybridized carbons (Fsp3) is 0.750. The van der Waals surface area contributed by atoms with Crippen LogP contribution in [0.2, 0.25) is 0 Å². The van der Waals surface area contributed by atoms with Crippen LogP contribution in [0.4, 0.5) is 0 Å². The summed E-state index contributed by atoms with van der Waals surface area (Å²) in [5.74, 6) is 0.733. The average molecular weight is 285 g/mol. The lowest BCUT2D eigenvalue weighted by Crippen LogP contribution is -2.11. The first-order valence-corrected chi connectivity index (χ1v) is 8.27. The van der Waals surface area contributed by atoms with Crippen molar-refractivity contribution in [2.75, 3.05) is 0 Å². The molecule has 3 aliphatic rings. The van der Waals surface area contributed by atoms with E-state index in [0.29, 0.717) is 10.8 Å². The Morgan fingerprint density at radius 2 is 2.00 bits per heavy atom. The van der Waals surface area contributed by atoms with Gasteiger partial charge in [0, 0.05) is 15.8 Å². The third-order valence-corrected chi connectivity index (χ3v) is 6.11. The summed E-state index contributed by atoms with van der Waals surface area (Å²) < 4.78 is 0. The van der Waals surface area contributed by atoms with Crippen LogP contribution in [-0.4, -0.2) is 5.38 Å². The van der Waals surface area contributed by atoms with Crippen LogP contribution in [0.25, 0.3) is 0 Å². The van der Waals surface area contributed by atoms with Crippen molar-refractivity contribution in [3.8, 4) is 0 Å². The summed E-state index contributed by atoms with van der Waals surface area (Å²) in [6.07, 6.45) is 16.0. The van der Waals surface area contributed by atoms with Crippen molar-refractivity contribution in [2.45, 2.75) is 63.2 Å². The van der Waals surface area contributed by atoms with E-state index in [0.717, 1.165) is 17.4 Å². The van der Waals surface area contributed by atoms with Gasteiger partial charge in [-0.05, 0) is 50.5 Å². The number of fused-ring (bicyclic) bond motifs is 1. The molecule has 0 N–H and O–H groups in total. The number of alkyl halides is 1. The first-order valence-electron chi connectivity index (χ1n) is 7.46. The Balaban J connectivity index is 1.89. The van der Waals surface area contributed by atoms with Crippen molar-refractivity contribution in [2.24, 2.45) is 11.3 Å². The quantitative estimate of drug-likeness (QED) is 0.534. The van der Waals surface area contributed by atoms with Crippen molar-refractivity contribution in [1.29, 1.82) is 0 Å². The molecule has 0 saturated heterocycles. The van der Waals surface area contributed by atoms with Gasteiger partial charge in [0.1, 0.15) is 0 Å². The van der Waals surface area contributed by atoms with Gasteiger partial charge in [-0.15, -0.1) is 11.6 Å².